The van der Waals surface area contributed by atoms with Gasteiger partial charge in [0.05, 0.1) is 25.9 Å². The number of hydrogen-bond donors (Lipinski definition) is 1. The average Bonchev–Trinajstić information content (AvgIpc) is 3.27. The Bertz CT molecular complexity index is 1110. The molecule has 0 fully saturated rings. The Morgan fingerprint density at radius 3 is 1.22 bits per heavy atom. The van der Waals surface area contributed by atoms with Crippen LogP contribution in [0.25, 0.3) is 0 Å². The zero-order valence-corrected chi connectivity index (χ0v) is 41.9. The summed E-state index contributed by atoms with van der Waals surface area (Å²) < 4.78 is 61.1. The van der Waals surface area contributed by atoms with Crippen molar-refractivity contribution in [1.29, 1.82) is 0 Å². The van der Waals surface area contributed by atoms with Crippen LogP contribution in [0.5, 0.6) is 0 Å². The smallest absolute Gasteiger partial charge is 0.463 e. The van der Waals surface area contributed by atoms with Crippen molar-refractivity contribution < 1.29 is 78.1 Å². The molecular weight excluding hydrogens is 843 g/mol. The van der Waals surface area contributed by atoms with E-state index in [0.717, 1.165) is 61.7 Å². The summed E-state index contributed by atoms with van der Waals surface area (Å²) in [5.41, 5.74) is 2.55. The number of ether oxygens (including phenoxy) is 3. The summed E-state index contributed by atoms with van der Waals surface area (Å²) in [4.78, 5) is 47.2. The number of nitrogens with one attached hydrogen (secondary N) is 1. The molecule has 0 rings (SSSR count). The first kappa shape index (κ1) is 65.2. The van der Waals surface area contributed by atoms with Crippen LogP contribution < -0.4 is 5.48 Å². The van der Waals surface area contributed by atoms with Crippen molar-refractivity contribution >= 4 is 59.1 Å². The third-order valence-electron chi connectivity index (χ3n) is 7.44. The minimum atomic E-state index is -2.61. The molecule has 0 atom stereocenters. The summed E-state index contributed by atoms with van der Waals surface area (Å²) in [6.45, 7) is 23.9. The molecule has 22 heteroatoms. The predicted octanol–water partition coefficient (Wildman–Crippen LogP) is 4.85. The molecule has 0 heterocycles. The molecule has 0 aromatic heterocycles. The Balaban J connectivity index is -0.000000215. The fourth-order valence-corrected chi connectivity index (χ4v) is 8.93. The van der Waals surface area contributed by atoms with E-state index < -0.39 is 47.1 Å². The quantitative estimate of drug-likeness (QED) is 0.0203. The zero-order chi connectivity index (χ0) is 46.6. The van der Waals surface area contributed by atoms with E-state index in [1.165, 1.54) is 21.3 Å². The fraction of sp³-hybridized carbons (Fsp3) is 0.622. The molecule has 0 aliphatic carbocycles. The van der Waals surface area contributed by atoms with E-state index in [4.69, 9.17) is 54.0 Å². The van der Waals surface area contributed by atoms with Gasteiger partial charge in [0.2, 0.25) is 0 Å². The fourth-order valence-electron chi connectivity index (χ4n) is 3.55. The van der Waals surface area contributed by atoms with E-state index in [1.807, 2.05) is 20.0 Å². The SMILES string of the molecule is C=CC.C=CC(=O)OCCC[SiH](OC)OC.C=CC(=O)OCCC[Si](C)(OC)OC.C=CC(=O)OCC[Si](OC)(OC)OC.C=CC(=O)ONCCC[Si](C)(OC)OC. The molecule has 0 radical (unpaired) electrons. The molecule has 59 heavy (non-hydrogen) atoms. The summed E-state index contributed by atoms with van der Waals surface area (Å²) in [6, 6.07) is 2.93. The Morgan fingerprint density at radius 1 is 0.525 bits per heavy atom. The van der Waals surface area contributed by atoms with Gasteiger partial charge in [-0.2, -0.15) is 5.48 Å². The Kier molecular flexibility index (Phi) is 49.3. The molecule has 0 saturated heterocycles. The minimum Gasteiger partial charge on any atom is -0.463 e. The number of carbonyl (C=O) groups excluding carboxylic acids is 4. The van der Waals surface area contributed by atoms with Gasteiger partial charge in [-0.15, -0.1) is 6.58 Å². The third kappa shape index (κ3) is 41.6. The van der Waals surface area contributed by atoms with Crippen LogP contribution in [-0.2, 0) is 78.1 Å². The predicted molar refractivity (Wildman–Crippen MR) is 236 cm³/mol. The van der Waals surface area contributed by atoms with Gasteiger partial charge >= 0.3 is 59.1 Å². The molecule has 0 aliphatic rings. The minimum absolute atomic E-state index is 0.201. The maximum absolute atomic E-state index is 10.7. The highest BCUT2D eigenvalue weighted by Crippen LogP contribution is 2.14. The molecule has 18 nitrogen and oxygen atoms in total. The van der Waals surface area contributed by atoms with Crippen molar-refractivity contribution in [2.75, 3.05) is 90.4 Å². The van der Waals surface area contributed by atoms with Gasteiger partial charge in [-0.3, -0.25) is 0 Å². The van der Waals surface area contributed by atoms with Gasteiger partial charge in [-0.25, -0.2) is 19.2 Å². The normalized spacial score (nSPS) is 10.5. The van der Waals surface area contributed by atoms with E-state index in [2.05, 4.69) is 43.2 Å². The third-order valence-corrected chi connectivity index (χ3v) is 18.0. The lowest BCUT2D eigenvalue weighted by Gasteiger charge is -2.23. The van der Waals surface area contributed by atoms with Crippen LogP contribution >= 0.6 is 0 Å². The monoisotopic (exact) mass is 917 g/mol. The lowest BCUT2D eigenvalue weighted by atomic mass is 10.5. The van der Waals surface area contributed by atoms with Gasteiger partial charge in [-0.05, 0) is 57.4 Å². The number of hydrogen-bond acceptors (Lipinski definition) is 18. The summed E-state index contributed by atoms with van der Waals surface area (Å²) in [7, 11) is 6.32. The number of esters is 3. The van der Waals surface area contributed by atoms with E-state index in [9.17, 15) is 19.2 Å². The van der Waals surface area contributed by atoms with E-state index in [-0.39, 0.29) is 18.5 Å². The van der Waals surface area contributed by atoms with Crippen LogP contribution in [0.3, 0.4) is 0 Å². The van der Waals surface area contributed by atoms with Crippen molar-refractivity contribution in [2.45, 2.75) is 63.5 Å². The summed E-state index contributed by atoms with van der Waals surface area (Å²) in [5.74, 6) is -1.71. The summed E-state index contributed by atoms with van der Waals surface area (Å²) in [6.07, 6.45) is 8.63. The second-order valence-electron chi connectivity index (χ2n) is 11.4. The van der Waals surface area contributed by atoms with Crippen molar-refractivity contribution in [3.63, 3.8) is 0 Å². The lowest BCUT2D eigenvalue weighted by Crippen LogP contribution is -2.43. The summed E-state index contributed by atoms with van der Waals surface area (Å²) in [5, 5.41) is 0. The topological polar surface area (TPSA) is 200 Å². The second kappa shape index (κ2) is 44.6. The van der Waals surface area contributed by atoms with Gasteiger partial charge in [0.1, 0.15) is 0 Å². The van der Waals surface area contributed by atoms with Crippen LogP contribution in [0, 0.1) is 0 Å². The highest BCUT2D eigenvalue weighted by molar-refractivity contribution is 6.66. The molecule has 0 unspecified atom stereocenters. The Labute approximate surface area is 358 Å². The van der Waals surface area contributed by atoms with Crippen LogP contribution in [-0.4, -0.2) is 149 Å². The first-order valence-electron chi connectivity index (χ1n) is 18.4. The number of allylic oxidation sites excluding steroid dienone is 1. The maximum atomic E-state index is 10.7. The molecule has 0 saturated carbocycles. The lowest BCUT2D eigenvalue weighted by molar-refractivity contribution is -0.145. The van der Waals surface area contributed by atoms with Crippen LogP contribution in [0.2, 0.25) is 37.3 Å². The van der Waals surface area contributed by atoms with Gasteiger partial charge in [0.15, 0.2) is 0 Å². The van der Waals surface area contributed by atoms with Crippen LogP contribution in [0.1, 0.15) is 26.2 Å². The maximum Gasteiger partial charge on any atom is 0.503 e. The van der Waals surface area contributed by atoms with Crippen molar-refractivity contribution in [1.82, 2.24) is 5.48 Å². The van der Waals surface area contributed by atoms with Crippen molar-refractivity contribution in [2.24, 2.45) is 0 Å². The van der Waals surface area contributed by atoms with E-state index >= 15 is 0 Å². The van der Waals surface area contributed by atoms with Crippen LogP contribution in [0.15, 0.2) is 63.3 Å². The van der Waals surface area contributed by atoms with E-state index in [0.29, 0.717) is 25.8 Å². The molecule has 0 aliphatic heterocycles. The largest absolute Gasteiger partial charge is 0.503 e. The van der Waals surface area contributed by atoms with Gasteiger partial charge in [0, 0.05) is 94.8 Å². The molecule has 0 aromatic carbocycles. The molecule has 0 aromatic rings. The number of hydroxylamine groups is 1. The molecule has 0 spiro atoms. The number of rotatable bonds is 29. The number of carbonyl (C=O) groups is 4. The summed E-state index contributed by atoms with van der Waals surface area (Å²) >= 11 is 0. The van der Waals surface area contributed by atoms with E-state index in [1.54, 1.807) is 48.7 Å². The zero-order valence-electron chi connectivity index (χ0n) is 37.7. The highest BCUT2D eigenvalue weighted by atomic mass is 28.4. The van der Waals surface area contributed by atoms with Crippen LogP contribution in [0.4, 0.5) is 0 Å². The molecule has 0 bridgehead atoms. The van der Waals surface area contributed by atoms with Gasteiger partial charge in [0.25, 0.3) is 0 Å². The second-order valence-corrected chi connectivity index (χ2v) is 24.1. The molecular formula is C37H75NO17Si4. The van der Waals surface area contributed by atoms with Crippen molar-refractivity contribution in [3.8, 4) is 0 Å². The van der Waals surface area contributed by atoms with Crippen molar-refractivity contribution in [3.05, 3.63) is 63.3 Å². The Morgan fingerprint density at radius 2 is 0.881 bits per heavy atom. The molecule has 1 N–H and O–H groups in total. The first-order chi connectivity index (χ1) is 27.9. The molecule has 346 valence electrons. The average molecular weight is 918 g/mol. The molecule has 0 amide bonds. The van der Waals surface area contributed by atoms with Gasteiger partial charge in [-0.1, -0.05) is 32.4 Å². The Hall–Kier alpha value is -2.95. The standard InChI is InChI=1S/C9H19NO4Si.C9H18O4Si.C8H16O5Si.C8H16O4Si.C3H6/c1-5-9(11)14-10-7-6-8-15(4,12-2)13-3;1-5-9(10)13-7-6-8-14(4,11-2)12-3;1-5-8(9)13-6-7-14(10-2,11-3)12-4;1-4-8(9)12-6-5-7-13(10-2)11-3;1-3-2/h5,10H,1,6-8H2,2-4H3;5H,1,6-8H2,2-4H3;5H,1,6-7H2,2-4H3;4,13H,1,5-7H2,2-3H3;3H,1H2,2H3. The highest BCUT2D eigenvalue weighted by Gasteiger charge is 2.37. The van der Waals surface area contributed by atoms with Gasteiger partial charge < -0.3 is 58.9 Å². The first-order valence-corrected chi connectivity index (χ1v) is 27.1.